The molecule has 5 nitrogen and oxygen atoms in total. The molecule has 1 rings (SSSR count). The molecule has 18 heavy (non-hydrogen) atoms. The Morgan fingerprint density at radius 3 is 2.50 bits per heavy atom. The molecule has 7 heteroatoms. The summed E-state index contributed by atoms with van der Waals surface area (Å²) in [5.74, 6) is -2.77. The van der Waals surface area contributed by atoms with Gasteiger partial charge in [-0.1, -0.05) is 0 Å². The van der Waals surface area contributed by atoms with Crippen LogP contribution in [0.5, 0.6) is 0 Å². The molecule has 2 atom stereocenters. The van der Waals surface area contributed by atoms with Gasteiger partial charge in [-0.2, -0.15) is 0 Å². The second-order valence-electron chi connectivity index (χ2n) is 3.66. The lowest BCUT2D eigenvalue weighted by molar-refractivity contribution is -0.141. The van der Waals surface area contributed by atoms with Gasteiger partial charge in [-0.05, 0) is 41.1 Å². The molecule has 0 radical (unpaired) electrons. The van der Waals surface area contributed by atoms with E-state index >= 15 is 0 Å². The quantitative estimate of drug-likeness (QED) is 0.777. The summed E-state index contributed by atoms with van der Waals surface area (Å²) >= 11 is 2.93. The summed E-state index contributed by atoms with van der Waals surface area (Å²) in [6.07, 6.45) is -1.26. The Balaban J connectivity index is 2.87. The second kappa shape index (κ2) is 5.92. The predicted molar refractivity (Wildman–Crippen MR) is 64.7 cm³/mol. The van der Waals surface area contributed by atoms with E-state index in [9.17, 15) is 19.1 Å². The minimum Gasteiger partial charge on any atom is -0.480 e. The Morgan fingerprint density at radius 2 is 2.06 bits per heavy atom. The van der Waals surface area contributed by atoms with E-state index in [0.717, 1.165) is 6.07 Å². The van der Waals surface area contributed by atoms with Crippen molar-refractivity contribution in [3.8, 4) is 0 Å². The first-order valence-electron chi connectivity index (χ1n) is 4.99. The Kier molecular flexibility index (Phi) is 4.80. The number of benzene rings is 1. The van der Waals surface area contributed by atoms with E-state index in [2.05, 4.69) is 21.2 Å². The summed E-state index contributed by atoms with van der Waals surface area (Å²) < 4.78 is 13.4. The lowest BCUT2D eigenvalue weighted by atomic mass is 10.1. The number of nitrogens with one attached hydrogen (secondary N) is 1. The highest BCUT2D eigenvalue weighted by atomic mass is 79.9. The molecule has 3 N–H and O–H groups in total. The molecule has 98 valence electrons. The summed E-state index contributed by atoms with van der Waals surface area (Å²) in [6.45, 7) is 1.24. The maximum absolute atomic E-state index is 13.2. The first-order valence-corrected chi connectivity index (χ1v) is 5.79. The first-order chi connectivity index (χ1) is 8.32. The van der Waals surface area contributed by atoms with Gasteiger partial charge in [0.2, 0.25) is 0 Å². The fraction of sp³-hybridized carbons (Fsp3) is 0.273. The van der Waals surface area contributed by atoms with Crippen LogP contribution < -0.4 is 5.32 Å². The standard InChI is InChI=1S/C11H11BrFNO4/c1-5(15)9(11(17)18)14-10(16)6-2-3-7(12)8(13)4-6/h2-5,9,15H,1H3,(H,14,16)(H,17,18)/t5-,9+/m1/s1. The molecular weight excluding hydrogens is 309 g/mol. The van der Waals surface area contributed by atoms with Gasteiger partial charge in [-0.25, -0.2) is 9.18 Å². The molecule has 1 aromatic rings. The van der Waals surface area contributed by atoms with Crippen LogP contribution in [0.3, 0.4) is 0 Å². The van der Waals surface area contributed by atoms with Crippen molar-refractivity contribution in [2.45, 2.75) is 19.1 Å². The van der Waals surface area contributed by atoms with Gasteiger partial charge < -0.3 is 15.5 Å². The number of carboxylic acids is 1. The van der Waals surface area contributed by atoms with Crippen molar-refractivity contribution in [3.05, 3.63) is 34.1 Å². The Bertz CT molecular complexity index is 478. The third kappa shape index (κ3) is 3.51. The van der Waals surface area contributed by atoms with Crippen LogP contribution in [0.25, 0.3) is 0 Å². The van der Waals surface area contributed by atoms with Gasteiger partial charge in [-0.3, -0.25) is 4.79 Å². The largest absolute Gasteiger partial charge is 0.480 e. The molecule has 0 fully saturated rings. The van der Waals surface area contributed by atoms with Gasteiger partial charge >= 0.3 is 5.97 Å². The van der Waals surface area contributed by atoms with E-state index in [4.69, 9.17) is 5.11 Å². The Hall–Kier alpha value is -1.47. The van der Waals surface area contributed by atoms with Crippen LogP contribution in [-0.4, -0.2) is 34.2 Å². The molecule has 0 aliphatic carbocycles. The highest BCUT2D eigenvalue weighted by Gasteiger charge is 2.25. The monoisotopic (exact) mass is 319 g/mol. The minimum atomic E-state index is -1.44. The minimum absolute atomic E-state index is 0.0254. The van der Waals surface area contributed by atoms with Gasteiger partial charge in [0.25, 0.3) is 5.91 Å². The number of aliphatic hydroxyl groups excluding tert-OH is 1. The van der Waals surface area contributed by atoms with Gasteiger partial charge in [0.1, 0.15) is 5.82 Å². The molecular formula is C11H11BrFNO4. The number of hydrogen-bond acceptors (Lipinski definition) is 3. The number of amides is 1. The third-order valence-electron chi connectivity index (χ3n) is 2.22. The van der Waals surface area contributed by atoms with Crippen molar-refractivity contribution in [2.75, 3.05) is 0 Å². The smallest absolute Gasteiger partial charge is 0.328 e. The maximum Gasteiger partial charge on any atom is 0.328 e. The van der Waals surface area contributed by atoms with Crippen molar-refractivity contribution >= 4 is 27.8 Å². The number of carboxylic acid groups (broad SMARTS) is 1. The molecule has 0 spiro atoms. The number of halogens is 2. The van der Waals surface area contributed by atoms with Crippen molar-refractivity contribution < 1.29 is 24.2 Å². The molecule has 0 saturated heterocycles. The molecule has 0 unspecified atom stereocenters. The molecule has 0 bridgehead atoms. The summed E-state index contributed by atoms with van der Waals surface area (Å²) in [7, 11) is 0. The van der Waals surface area contributed by atoms with Gasteiger partial charge in [0.05, 0.1) is 10.6 Å². The number of hydrogen-bond donors (Lipinski definition) is 3. The maximum atomic E-state index is 13.2. The van der Waals surface area contributed by atoms with Crippen molar-refractivity contribution in [1.29, 1.82) is 0 Å². The van der Waals surface area contributed by atoms with Crippen LogP contribution in [0, 0.1) is 5.82 Å². The molecule has 0 saturated carbocycles. The van der Waals surface area contributed by atoms with Crippen LogP contribution in [-0.2, 0) is 4.79 Å². The topological polar surface area (TPSA) is 86.6 Å². The molecule has 0 aliphatic heterocycles. The Morgan fingerprint density at radius 1 is 1.44 bits per heavy atom. The number of carbonyl (C=O) groups is 2. The normalized spacial score (nSPS) is 13.8. The number of carbonyl (C=O) groups excluding carboxylic acids is 1. The zero-order valence-electron chi connectivity index (χ0n) is 9.35. The molecule has 0 heterocycles. The van der Waals surface area contributed by atoms with E-state index in [-0.39, 0.29) is 10.0 Å². The van der Waals surface area contributed by atoms with E-state index in [1.165, 1.54) is 19.1 Å². The van der Waals surface area contributed by atoms with E-state index in [1.54, 1.807) is 0 Å². The molecule has 0 aliphatic rings. The van der Waals surface area contributed by atoms with Crippen molar-refractivity contribution in [3.63, 3.8) is 0 Å². The Labute approximate surface area is 111 Å². The SMILES string of the molecule is C[C@@H](O)[C@H](NC(=O)c1ccc(Br)c(F)c1)C(=O)O. The average molecular weight is 320 g/mol. The van der Waals surface area contributed by atoms with Crippen LogP contribution in [0.4, 0.5) is 4.39 Å². The summed E-state index contributed by atoms with van der Waals surface area (Å²) in [5, 5.41) is 20.1. The van der Waals surface area contributed by atoms with E-state index in [0.29, 0.717) is 0 Å². The summed E-state index contributed by atoms with van der Waals surface area (Å²) in [4.78, 5) is 22.4. The predicted octanol–water partition coefficient (Wildman–Crippen LogP) is 1.15. The number of aliphatic hydroxyl groups is 1. The first kappa shape index (κ1) is 14.6. The highest BCUT2D eigenvalue weighted by molar-refractivity contribution is 9.10. The van der Waals surface area contributed by atoms with Crippen LogP contribution in [0.15, 0.2) is 22.7 Å². The second-order valence-corrected chi connectivity index (χ2v) is 4.51. The molecule has 0 aromatic heterocycles. The van der Waals surface area contributed by atoms with Gasteiger partial charge in [0.15, 0.2) is 6.04 Å². The van der Waals surface area contributed by atoms with E-state index < -0.39 is 29.8 Å². The van der Waals surface area contributed by atoms with Crippen molar-refractivity contribution in [2.24, 2.45) is 0 Å². The zero-order valence-corrected chi connectivity index (χ0v) is 10.9. The molecule has 1 aromatic carbocycles. The molecule has 1 amide bonds. The van der Waals surface area contributed by atoms with Crippen LogP contribution in [0.1, 0.15) is 17.3 Å². The fourth-order valence-corrected chi connectivity index (χ4v) is 1.50. The van der Waals surface area contributed by atoms with Gasteiger partial charge in [0, 0.05) is 5.56 Å². The number of aliphatic carboxylic acids is 1. The van der Waals surface area contributed by atoms with Crippen molar-refractivity contribution in [1.82, 2.24) is 5.32 Å². The number of rotatable bonds is 4. The lowest BCUT2D eigenvalue weighted by Crippen LogP contribution is -2.47. The zero-order chi connectivity index (χ0) is 13.9. The third-order valence-corrected chi connectivity index (χ3v) is 2.86. The van der Waals surface area contributed by atoms with E-state index in [1.807, 2.05) is 0 Å². The van der Waals surface area contributed by atoms with Crippen LogP contribution in [0.2, 0.25) is 0 Å². The summed E-state index contributed by atoms with van der Waals surface area (Å²) in [6, 6.07) is 2.20. The lowest BCUT2D eigenvalue weighted by Gasteiger charge is -2.17. The van der Waals surface area contributed by atoms with Crippen LogP contribution >= 0.6 is 15.9 Å². The van der Waals surface area contributed by atoms with Gasteiger partial charge in [-0.15, -0.1) is 0 Å². The fourth-order valence-electron chi connectivity index (χ4n) is 1.25. The highest BCUT2D eigenvalue weighted by Crippen LogP contribution is 2.16. The summed E-state index contributed by atoms with van der Waals surface area (Å²) in [5.41, 5.74) is -0.0254. The average Bonchev–Trinajstić information content (AvgIpc) is 2.28.